The fourth-order valence-electron chi connectivity index (χ4n) is 4.27. The Morgan fingerprint density at radius 1 is 1.21 bits per heavy atom. The number of aromatic nitrogens is 6. The van der Waals surface area contributed by atoms with Gasteiger partial charge in [0.15, 0.2) is 11.5 Å². The van der Waals surface area contributed by atoms with E-state index >= 15 is 0 Å². The van der Waals surface area contributed by atoms with E-state index in [0.29, 0.717) is 42.3 Å². The van der Waals surface area contributed by atoms with Crippen LogP contribution in [0.1, 0.15) is 13.8 Å². The molecule has 1 aromatic carbocycles. The number of rotatable bonds is 9. The molecule has 4 aromatic rings. The molecule has 38 heavy (non-hydrogen) atoms. The van der Waals surface area contributed by atoms with E-state index in [2.05, 4.69) is 48.7 Å². The molecule has 0 bridgehead atoms. The number of hydrogen-bond acceptors (Lipinski definition) is 7. The summed E-state index contributed by atoms with van der Waals surface area (Å²) in [6, 6.07) is 8.49. The van der Waals surface area contributed by atoms with Crippen molar-refractivity contribution in [3.63, 3.8) is 0 Å². The minimum Gasteiger partial charge on any atom is -0.447 e. The molecule has 0 N–H and O–H groups in total. The van der Waals surface area contributed by atoms with Gasteiger partial charge in [-0.3, -0.25) is 4.90 Å². The van der Waals surface area contributed by atoms with Gasteiger partial charge in [-0.05, 0) is 35.7 Å². The lowest BCUT2D eigenvalue weighted by Gasteiger charge is -2.23. The van der Waals surface area contributed by atoms with Crippen LogP contribution in [0.15, 0.2) is 43.0 Å². The number of anilines is 1. The van der Waals surface area contributed by atoms with Crippen LogP contribution in [0.2, 0.25) is 30.7 Å². The topological polar surface area (TPSA) is 99.7 Å². The normalized spacial score (nSPS) is 16.1. The van der Waals surface area contributed by atoms with Crippen molar-refractivity contribution >= 4 is 37.2 Å². The monoisotopic (exact) mass is 553 g/mol. The lowest BCUT2D eigenvalue weighted by molar-refractivity contribution is 0.0785. The van der Waals surface area contributed by atoms with Crippen LogP contribution in [0, 0.1) is 5.92 Å². The molecule has 12 heteroatoms. The standard InChI is InChI=1S/C26H32ClN7O3Si/c1-17(2)22-14-37-26(35)34(22)23-8-9-33-25(30-23)20(13-29-33)18-6-7-19(21(27)12-18)24-28-15-32(31-24)16-36-10-11-38(3,4)5/h6-9,12-13,15,17,22H,10-11,14,16H2,1-5H3. The minimum atomic E-state index is -1.14. The van der Waals surface area contributed by atoms with Gasteiger partial charge in [-0.2, -0.15) is 5.10 Å². The number of fused-ring (bicyclic) bond motifs is 1. The summed E-state index contributed by atoms with van der Waals surface area (Å²) in [5.74, 6) is 1.29. The van der Waals surface area contributed by atoms with Crippen LogP contribution in [0.4, 0.5) is 10.6 Å². The molecule has 4 heterocycles. The smallest absolute Gasteiger partial charge is 0.415 e. The quantitative estimate of drug-likeness (QED) is 0.196. The van der Waals surface area contributed by atoms with Crippen LogP contribution in [0.5, 0.6) is 0 Å². The third kappa shape index (κ3) is 5.45. The highest BCUT2D eigenvalue weighted by atomic mass is 35.5. The highest BCUT2D eigenvalue weighted by Crippen LogP contribution is 2.33. The predicted octanol–water partition coefficient (Wildman–Crippen LogP) is 5.60. The average Bonchev–Trinajstić information content (AvgIpc) is 3.59. The number of amides is 1. The van der Waals surface area contributed by atoms with Gasteiger partial charge in [0, 0.05) is 32.0 Å². The van der Waals surface area contributed by atoms with Crippen LogP contribution in [0.3, 0.4) is 0 Å². The van der Waals surface area contributed by atoms with E-state index in [-0.39, 0.29) is 18.1 Å². The first kappa shape index (κ1) is 26.3. The number of cyclic esters (lactones) is 1. The second kappa shape index (κ2) is 10.5. The molecule has 0 radical (unpaired) electrons. The van der Waals surface area contributed by atoms with Gasteiger partial charge in [-0.1, -0.05) is 51.2 Å². The first-order chi connectivity index (χ1) is 18.1. The van der Waals surface area contributed by atoms with E-state index in [4.69, 9.17) is 26.1 Å². The Morgan fingerprint density at radius 3 is 2.76 bits per heavy atom. The van der Waals surface area contributed by atoms with Crippen LogP contribution in [-0.4, -0.2) is 62.8 Å². The van der Waals surface area contributed by atoms with Gasteiger partial charge in [-0.15, -0.1) is 5.10 Å². The van der Waals surface area contributed by atoms with Crippen LogP contribution >= 0.6 is 11.6 Å². The molecule has 1 aliphatic rings. The maximum absolute atomic E-state index is 12.5. The summed E-state index contributed by atoms with van der Waals surface area (Å²) < 4.78 is 14.4. The number of ether oxygens (including phenoxy) is 2. The first-order valence-electron chi connectivity index (χ1n) is 12.7. The molecule has 0 saturated carbocycles. The second-order valence-corrected chi connectivity index (χ2v) is 17.0. The molecule has 10 nitrogen and oxygen atoms in total. The van der Waals surface area contributed by atoms with Gasteiger partial charge in [0.2, 0.25) is 0 Å². The van der Waals surface area contributed by atoms with E-state index in [1.807, 2.05) is 18.2 Å². The molecule has 1 aliphatic heterocycles. The van der Waals surface area contributed by atoms with Crippen molar-refractivity contribution in [1.29, 1.82) is 0 Å². The highest BCUT2D eigenvalue weighted by molar-refractivity contribution is 6.76. The van der Waals surface area contributed by atoms with Crippen LogP contribution in [0.25, 0.3) is 28.2 Å². The maximum Gasteiger partial charge on any atom is 0.415 e. The Labute approximate surface area is 227 Å². The Hall–Kier alpha value is -3.28. The summed E-state index contributed by atoms with van der Waals surface area (Å²) in [5, 5.41) is 9.48. The van der Waals surface area contributed by atoms with Crippen molar-refractivity contribution in [1.82, 2.24) is 29.4 Å². The summed E-state index contributed by atoms with van der Waals surface area (Å²) in [6.45, 7) is 12.5. The Morgan fingerprint density at radius 2 is 2.03 bits per heavy atom. The average molecular weight is 554 g/mol. The summed E-state index contributed by atoms with van der Waals surface area (Å²) in [6.07, 6.45) is 4.80. The Bertz CT molecular complexity index is 1460. The minimum absolute atomic E-state index is 0.0735. The molecular weight excluding hydrogens is 522 g/mol. The highest BCUT2D eigenvalue weighted by Gasteiger charge is 2.37. The zero-order valence-corrected chi connectivity index (χ0v) is 24.0. The lowest BCUT2D eigenvalue weighted by atomic mass is 10.0. The molecule has 1 amide bonds. The van der Waals surface area contributed by atoms with E-state index < -0.39 is 8.07 Å². The van der Waals surface area contributed by atoms with Crippen molar-refractivity contribution in [2.75, 3.05) is 18.1 Å². The Balaban J connectivity index is 1.37. The lowest BCUT2D eigenvalue weighted by Crippen LogP contribution is -2.37. The van der Waals surface area contributed by atoms with Crippen molar-refractivity contribution in [3.8, 4) is 22.5 Å². The number of nitrogens with zero attached hydrogens (tertiary/aromatic N) is 7. The van der Waals surface area contributed by atoms with E-state index in [1.165, 1.54) is 0 Å². The fourth-order valence-corrected chi connectivity index (χ4v) is 5.29. The molecule has 1 fully saturated rings. The number of carbonyl (C=O) groups excluding carboxylic acids is 1. The summed E-state index contributed by atoms with van der Waals surface area (Å²) in [5.41, 5.74) is 2.98. The van der Waals surface area contributed by atoms with Crippen LogP contribution in [-0.2, 0) is 16.2 Å². The summed E-state index contributed by atoms with van der Waals surface area (Å²) >= 11 is 6.69. The van der Waals surface area contributed by atoms with Crippen LogP contribution < -0.4 is 4.90 Å². The van der Waals surface area contributed by atoms with Gasteiger partial charge < -0.3 is 9.47 Å². The predicted molar refractivity (Wildman–Crippen MR) is 149 cm³/mol. The third-order valence-corrected chi connectivity index (χ3v) is 8.57. The molecule has 200 valence electrons. The molecule has 0 spiro atoms. The van der Waals surface area contributed by atoms with Gasteiger partial charge >= 0.3 is 6.09 Å². The molecule has 0 aliphatic carbocycles. The number of carbonyl (C=O) groups is 1. The molecule has 1 saturated heterocycles. The van der Waals surface area contributed by atoms with Gasteiger partial charge in [-0.25, -0.2) is 24.0 Å². The largest absolute Gasteiger partial charge is 0.447 e. The second-order valence-electron chi connectivity index (χ2n) is 11.0. The molecule has 1 unspecified atom stereocenters. The fraction of sp³-hybridized carbons (Fsp3) is 0.423. The van der Waals surface area contributed by atoms with Gasteiger partial charge in [0.05, 0.1) is 17.3 Å². The molecule has 5 rings (SSSR count). The maximum atomic E-state index is 12.5. The third-order valence-electron chi connectivity index (χ3n) is 6.55. The number of benzene rings is 1. The summed E-state index contributed by atoms with van der Waals surface area (Å²) in [4.78, 5) is 23.3. The molecule has 3 aromatic heterocycles. The van der Waals surface area contributed by atoms with Gasteiger partial charge in [0.25, 0.3) is 0 Å². The van der Waals surface area contributed by atoms with Gasteiger partial charge in [0.1, 0.15) is 25.5 Å². The van der Waals surface area contributed by atoms with E-state index in [1.54, 1.807) is 38.9 Å². The van der Waals surface area contributed by atoms with E-state index in [0.717, 1.165) is 22.7 Å². The Kier molecular flexibility index (Phi) is 7.25. The molecular formula is C26H32ClN7O3Si. The van der Waals surface area contributed by atoms with Crippen molar-refractivity contribution < 1.29 is 14.3 Å². The zero-order valence-electron chi connectivity index (χ0n) is 22.3. The van der Waals surface area contributed by atoms with E-state index in [9.17, 15) is 4.79 Å². The van der Waals surface area contributed by atoms with Crippen molar-refractivity contribution in [3.05, 3.63) is 48.0 Å². The first-order valence-corrected chi connectivity index (χ1v) is 16.8. The summed E-state index contributed by atoms with van der Waals surface area (Å²) in [7, 11) is -1.14. The molecule has 1 atom stereocenters. The van der Waals surface area contributed by atoms with Crippen molar-refractivity contribution in [2.45, 2.75) is 52.3 Å². The SMILES string of the molecule is CC(C)C1COC(=O)N1c1ccn2ncc(-c3ccc(-c4ncn(COCC[Si](C)(C)C)n4)c(Cl)c3)c2n1. The zero-order chi connectivity index (χ0) is 27.0. The van der Waals surface area contributed by atoms with Crippen molar-refractivity contribution in [2.24, 2.45) is 5.92 Å². The number of halogens is 1. The number of hydrogen-bond donors (Lipinski definition) is 0.